The molecule has 0 saturated heterocycles. The van der Waals surface area contributed by atoms with Crippen LogP contribution in [0.5, 0.6) is 0 Å². The monoisotopic (exact) mass is 223 g/mol. The molecule has 0 aromatic carbocycles. The molecule has 1 rings (SSSR count). The second-order valence-electron chi connectivity index (χ2n) is 3.14. The van der Waals surface area contributed by atoms with Gasteiger partial charge in [-0.25, -0.2) is 4.79 Å². The molecule has 0 aromatic rings. The van der Waals surface area contributed by atoms with Gasteiger partial charge in [0, 0.05) is 6.04 Å². The van der Waals surface area contributed by atoms with Crippen LogP contribution in [0.3, 0.4) is 0 Å². The van der Waals surface area contributed by atoms with E-state index in [-0.39, 0.29) is 12.0 Å². The van der Waals surface area contributed by atoms with Crippen molar-refractivity contribution in [2.75, 3.05) is 7.11 Å². The van der Waals surface area contributed by atoms with Gasteiger partial charge in [0.1, 0.15) is 0 Å². The van der Waals surface area contributed by atoms with Crippen molar-refractivity contribution in [1.29, 1.82) is 0 Å². The molecular formula is C13H21NO2. The van der Waals surface area contributed by atoms with Crippen molar-refractivity contribution in [1.82, 2.24) is 0 Å². The first-order chi connectivity index (χ1) is 7.74. The summed E-state index contributed by atoms with van der Waals surface area (Å²) >= 11 is 0. The quantitative estimate of drug-likeness (QED) is 0.694. The van der Waals surface area contributed by atoms with Gasteiger partial charge in [0.2, 0.25) is 0 Å². The largest absolute Gasteiger partial charge is 0.465 e. The van der Waals surface area contributed by atoms with Crippen LogP contribution in [0.4, 0.5) is 0 Å². The van der Waals surface area contributed by atoms with Crippen LogP contribution < -0.4 is 5.73 Å². The summed E-state index contributed by atoms with van der Waals surface area (Å²) in [5, 5.41) is 0. The van der Waals surface area contributed by atoms with Crippen molar-refractivity contribution >= 4 is 5.97 Å². The summed E-state index contributed by atoms with van der Waals surface area (Å²) in [6, 6.07) is 0.0629. The standard InChI is InChI=1S/C11H15NO2.C2H6/c1-14-11(13)9-5-2-3-7-10(12)8-4-6-9;1-2/h2,4-6,8,10H,3,7,12H2,1H3;1-2H3/b5-2+,8-4+,9-6+;. The average molecular weight is 223 g/mol. The Labute approximate surface area is 97.7 Å². The first kappa shape index (κ1) is 14.6. The predicted molar refractivity (Wildman–Crippen MR) is 66.9 cm³/mol. The molecule has 16 heavy (non-hydrogen) atoms. The fourth-order valence-corrected chi connectivity index (χ4v) is 1.21. The molecule has 0 aromatic heterocycles. The molecule has 2 N–H and O–H groups in total. The fourth-order valence-electron chi connectivity index (χ4n) is 1.21. The summed E-state index contributed by atoms with van der Waals surface area (Å²) in [5.74, 6) is -0.318. The lowest BCUT2D eigenvalue weighted by Gasteiger charge is -2.00. The SMILES string of the molecule is CC.COC(=O)C1=C/C=C/C(N)CC\C=C\1. The topological polar surface area (TPSA) is 52.3 Å². The van der Waals surface area contributed by atoms with E-state index in [0.717, 1.165) is 12.8 Å². The smallest absolute Gasteiger partial charge is 0.337 e. The second kappa shape index (κ2) is 8.92. The summed E-state index contributed by atoms with van der Waals surface area (Å²) < 4.78 is 4.63. The van der Waals surface area contributed by atoms with Gasteiger partial charge in [-0.3, -0.25) is 0 Å². The van der Waals surface area contributed by atoms with E-state index in [0.29, 0.717) is 5.57 Å². The molecule has 90 valence electrons. The molecule has 1 aliphatic carbocycles. The third-order valence-corrected chi connectivity index (χ3v) is 2.02. The zero-order chi connectivity index (χ0) is 12.4. The molecule has 3 heteroatoms. The molecule has 1 aliphatic rings. The van der Waals surface area contributed by atoms with Crippen LogP contribution >= 0.6 is 0 Å². The Bertz CT molecular complexity index is 290. The first-order valence-electron chi connectivity index (χ1n) is 5.63. The van der Waals surface area contributed by atoms with Crippen LogP contribution in [0, 0.1) is 0 Å². The minimum absolute atomic E-state index is 0.0629. The minimum atomic E-state index is -0.318. The number of hydrogen-bond donors (Lipinski definition) is 1. The molecule has 1 atom stereocenters. The maximum Gasteiger partial charge on any atom is 0.337 e. The number of nitrogens with two attached hydrogens (primary N) is 1. The Morgan fingerprint density at radius 1 is 1.50 bits per heavy atom. The molecule has 0 spiro atoms. The summed E-state index contributed by atoms with van der Waals surface area (Å²) in [6.07, 6.45) is 10.9. The third-order valence-electron chi connectivity index (χ3n) is 2.02. The summed E-state index contributed by atoms with van der Waals surface area (Å²) in [6.45, 7) is 4.00. The van der Waals surface area contributed by atoms with Gasteiger partial charge in [0.15, 0.2) is 0 Å². The Hall–Kier alpha value is -1.35. The molecule has 0 fully saturated rings. The van der Waals surface area contributed by atoms with Crippen molar-refractivity contribution in [3.63, 3.8) is 0 Å². The van der Waals surface area contributed by atoms with E-state index in [2.05, 4.69) is 4.74 Å². The number of rotatable bonds is 1. The Morgan fingerprint density at radius 3 is 2.81 bits per heavy atom. The maximum absolute atomic E-state index is 11.2. The van der Waals surface area contributed by atoms with Gasteiger partial charge in [-0.05, 0) is 18.9 Å². The van der Waals surface area contributed by atoms with E-state index in [1.807, 2.05) is 26.0 Å². The van der Waals surface area contributed by atoms with E-state index < -0.39 is 0 Å². The number of hydrogen-bond acceptors (Lipinski definition) is 3. The molecule has 0 heterocycles. The summed E-state index contributed by atoms with van der Waals surface area (Å²) in [4.78, 5) is 11.2. The molecule has 3 nitrogen and oxygen atoms in total. The highest BCUT2D eigenvalue weighted by molar-refractivity contribution is 5.91. The molecule has 0 radical (unpaired) electrons. The summed E-state index contributed by atoms with van der Waals surface area (Å²) in [5.41, 5.74) is 6.32. The van der Waals surface area contributed by atoms with Crippen LogP contribution in [0.25, 0.3) is 0 Å². The minimum Gasteiger partial charge on any atom is -0.465 e. The van der Waals surface area contributed by atoms with Gasteiger partial charge in [-0.15, -0.1) is 0 Å². The van der Waals surface area contributed by atoms with Crippen molar-refractivity contribution in [3.05, 3.63) is 36.0 Å². The Balaban J connectivity index is 0.00000106. The molecule has 0 amide bonds. The molecular weight excluding hydrogens is 202 g/mol. The number of esters is 1. The predicted octanol–water partition coefficient (Wildman–Crippen LogP) is 2.35. The summed E-state index contributed by atoms with van der Waals surface area (Å²) in [7, 11) is 1.37. The van der Waals surface area contributed by atoms with E-state index in [4.69, 9.17) is 5.73 Å². The van der Waals surface area contributed by atoms with Gasteiger partial charge >= 0.3 is 5.97 Å². The van der Waals surface area contributed by atoms with Crippen LogP contribution in [-0.4, -0.2) is 19.1 Å². The first-order valence-corrected chi connectivity index (χ1v) is 5.63. The number of ether oxygens (including phenoxy) is 1. The van der Waals surface area contributed by atoms with Gasteiger partial charge in [-0.2, -0.15) is 0 Å². The van der Waals surface area contributed by atoms with Gasteiger partial charge in [0.05, 0.1) is 12.7 Å². The van der Waals surface area contributed by atoms with Crippen LogP contribution in [0.15, 0.2) is 36.0 Å². The van der Waals surface area contributed by atoms with Crippen molar-refractivity contribution in [3.8, 4) is 0 Å². The fraction of sp³-hybridized carbons (Fsp3) is 0.462. The maximum atomic E-state index is 11.2. The number of allylic oxidation sites excluding steroid dienone is 3. The lowest BCUT2D eigenvalue weighted by atomic mass is 10.1. The molecule has 0 bridgehead atoms. The highest BCUT2D eigenvalue weighted by Crippen LogP contribution is 2.07. The zero-order valence-electron chi connectivity index (χ0n) is 10.3. The Kier molecular flexibility index (Phi) is 8.17. The van der Waals surface area contributed by atoms with E-state index in [1.165, 1.54) is 7.11 Å². The van der Waals surface area contributed by atoms with Crippen LogP contribution in [0.2, 0.25) is 0 Å². The van der Waals surface area contributed by atoms with Crippen molar-refractivity contribution < 1.29 is 9.53 Å². The van der Waals surface area contributed by atoms with Gasteiger partial charge in [-0.1, -0.05) is 38.2 Å². The average Bonchev–Trinajstić information content (AvgIpc) is 2.43. The van der Waals surface area contributed by atoms with Gasteiger partial charge < -0.3 is 10.5 Å². The highest BCUT2D eigenvalue weighted by atomic mass is 16.5. The van der Waals surface area contributed by atoms with Crippen molar-refractivity contribution in [2.45, 2.75) is 32.7 Å². The number of carbonyl (C=O) groups excluding carboxylic acids is 1. The highest BCUT2D eigenvalue weighted by Gasteiger charge is 2.05. The third kappa shape index (κ3) is 5.51. The lowest BCUT2D eigenvalue weighted by Crippen LogP contribution is -2.15. The van der Waals surface area contributed by atoms with Crippen molar-refractivity contribution in [2.24, 2.45) is 5.73 Å². The second-order valence-corrected chi connectivity index (χ2v) is 3.14. The van der Waals surface area contributed by atoms with E-state index in [1.54, 1.807) is 18.2 Å². The van der Waals surface area contributed by atoms with E-state index in [9.17, 15) is 4.79 Å². The number of carbonyl (C=O) groups is 1. The molecule has 1 unspecified atom stereocenters. The van der Waals surface area contributed by atoms with E-state index >= 15 is 0 Å². The lowest BCUT2D eigenvalue weighted by molar-refractivity contribution is -0.135. The molecule has 0 saturated carbocycles. The van der Waals surface area contributed by atoms with Gasteiger partial charge in [0.25, 0.3) is 0 Å². The molecule has 0 aliphatic heterocycles. The zero-order valence-corrected chi connectivity index (χ0v) is 10.3. The van der Waals surface area contributed by atoms with Crippen LogP contribution in [-0.2, 0) is 9.53 Å². The van der Waals surface area contributed by atoms with Crippen LogP contribution in [0.1, 0.15) is 26.7 Å². The number of methoxy groups -OCH3 is 1. The normalized spacial score (nSPS) is 26.8. The Morgan fingerprint density at radius 2 is 2.19 bits per heavy atom.